The van der Waals surface area contributed by atoms with Crippen LogP contribution in [0.25, 0.3) is 0 Å². The lowest BCUT2D eigenvalue weighted by Gasteiger charge is -2.30. The second-order valence-corrected chi connectivity index (χ2v) is 5.82. The molecule has 0 spiro atoms. The molecule has 102 valence electrons. The maximum absolute atomic E-state index is 5.45. The number of benzene rings is 1. The summed E-state index contributed by atoms with van der Waals surface area (Å²) in [5.41, 5.74) is 1.68. The lowest BCUT2D eigenvalue weighted by atomic mass is 9.83. The normalized spacial score (nSPS) is 13.4. The van der Waals surface area contributed by atoms with Crippen molar-refractivity contribution in [3.8, 4) is 5.75 Å². The minimum atomic E-state index is 0.306. The van der Waals surface area contributed by atoms with Crippen molar-refractivity contribution in [1.29, 1.82) is 0 Å². The standard InChI is InChI=1S/C16H27NO/c1-6-18-14-10-7-13(8-11-14)9-12-15(17-5)16(2,3)4/h7-8,10-11,15,17H,6,9,12H2,1-5H3. The summed E-state index contributed by atoms with van der Waals surface area (Å²) in [6.45, 7) is 9.59. The van der Waals surface area contributed by atoms with Gasteiger partial charge in [0.1, 0.15) is 5.75 Å². The van der Waals surface area contributed by atoms with E-state index in [0.717, 1.165) is 25.2 Å². The Hall–Kier alpha value is -1.02. The third-order valence-electron chi connectivity index (χ3n) is 3.35. The predicted molar refractivity (Wildman–Crippen MR) is 78.2 cm³/mol. The first kappa shape index (κ1) is 15.0. The fourth-order valence-corrected chi connectivity index (χ4v) is 2.24. The first-order valence-corrected chi connectivity index (χ1v) is 6.86. The molecule has 0 bridgehead atoms. The second-order valence-electron chi connectivity index (χ2n) is 5.82. The number of aryl methyl sites for hydroxylation is 1. The highest BCUT2D eigenvalue weighted by atomic mass is 16.5. The van der Waals surface area contributed by atoms with E-state index in [1.807, 2.05) is 14.0 Å². The van der Waals surface area contributed by atoms with Crippen LogP contribution in [0.5, 0.6) is 5.75 Å². The van der Waals surface area contributed by atoms with Crippen LogP contribution in [0.2, 0.25) is 0 Å². The van der Waals surface area contributed by atoms with Gasteiger partial charge in [0.2, 0.25) is 0 Å². The largest absolute Gasteiger partial charge is 0.494 e. The first-order chi connectivity index (χ1) is 8.47. The van der Waals surface area contributed by atoms with E-state index in [4.69, 9.17) is 4.74 Å². The van der Waals surface area contributed by atoms with Crippen molar-refractivity contribution >= 4 is 0 Å². The molecule has 0 aliphatic heterocycles. The highest BCUT2D eigenvalue weighted by molar-refractivity contribution is 5.27. The highest BCUT2D eigenvalue weighted by Crippen LogP contribution is 2.23. The van der Waals surface area contributed by atoms with E-state index in [1.165, 1.54) is 5.56 Å². The fraction of sp³-hybridized carbons (Fsp3) is 0.625. The summed E-state index contributed by atoms with van der Waals surface area (Å²) >= 11 is 0. The molecule has 0 amide bonds. The molecule has 1 N–H and O–H groups in total. The topological polar surface area (TPSA) is 21.3 Å². The van der Waals surface area contributed by atoms with E-state index in [-0.39, 0.29) is 0 Å². The van der Waals surface area contributed by atoms with Crippen LogP contribution in [-0.2, 0) is 6.42 Å². The van der Waals surface area contributed by atoms with Crippen molar-refractivity contribution < 1.29 is 4.74 Å². The number of ether oxygens (including phenoxy) is 1. The lowest BCUT2D eigenvalue weighted by Crippen LogP contribution is -2.38. The van der Waals surface area contributed by atoms with Crippen molar-refractivity contribution in [2.45, 2.75) is 46.6 Å². The van der Waals surface area contributed by atoms with Crippen LogP contribution < -0.4 is 10.1 Å². The van der Waals surface area contributed by atoms with E-state index < -0.39 is 0 Å². The average molecular weight is 249 g/mol. The molecular weight excluding hydrogens is 222 g/mol. The van der Waals surface area contributed by atoms with Crippen molar-refractivity contribution in [2.24, 2.45) is 5.41 Å². The maximum Gasteiger partial charge on any atom is 0.119 e. The van der Waals surface area contributed by atoms with Crippen LogP contribution in [0.3, 0.4) is 0 Å². The van der Waals surface area contributed by atoms with Gasteiger partial charge >= 0.3 is 0 Å². The smallest absolute Gasteiger partial charge is 0.119 e. The van der Waals surface area contributed by atoms with E-state index >= 15 is 0 Å². The third kappa shape index (κ3) is 4.69. The van der Waals surface area contributed by atoms with Gasteiger partial charge in [-0.15, -0.1) is 0 Å². The Kier molecular flexibility index (Phi) is 5.67. The summed E-state index contributed by atoms with van der Waals surface area (Å²) in [5, 5.41) is 3.42. The van der Waals surface area contributed by atoms with Gasteiger partial charge in [0.25, 0.3) is 0 Å². The Labute approximate surface area is 112 Å². The van der Waals surface area contributed by atoms with Crippen LogP contribution >= 0.6 is 0 Å². The molecule has 1 aromatic carbocycles. The molecule has 1 atom stereocenters. The number of hydrogen-bond acceptors (Lipinski definition) is 2. The summed E-state index contributed by atoms with van der Waals surface area (Å²) in [7, 11) is 2.05. The average Bonchev–Trinajstić information content (AvgIpc) is 2.30. The number of hydrogen-bond donors (Lipinski definition) is 1. The van der Waals surface area contributed by atoms with Crippen LogP contribution in [0.4, 0.5) is 0 Å². The molecule has 0 saturated heterocycles. The summed E-state index contributed by atoms with van der Waals surface area (Å²) < 4.78 is 5.45. The fourth-order valence-electron chi connectivity index (χ4n) is 2.24. The van der Waals surface area contributed by atoms with Crippen molar-refractivity contribution in [2.75, 3.05) is 13.7 Å². The predicted octanol–water partition coefficient (Wildman–Crippen LogP) is 3.65. The van der Waals surface area contributed by atoms with Gasteiger partial charge in [0.05, 0.1) is 6.61 Å². The van der Waals surface area contributed by atoms with E-state index in [2.05, 4.69) is 50.4 Å². The quantitative estimate of drug-likeness (QED) is 0.831. The van der Waals surface area contributed by atoms with Gasteiger partial charge < -0.3 is 10.1 Å². The number of rotatable bonds is 6. The molecule has 0 heterocycles. The van der Waals surface area contributed by atoms with Gasteiger partial charge in [-0.1, -0.05) is 32.9 Å². The zero-order valence-electron chi connectivity index (χ0n) is 12.4. The van der Waals surface area contributed by atoms with Crippen molar-refractivity contribution in [3.63, 3.8) is 0 Å². The third-order valence-corrected chi connectivity index (χ3v) is 3.35. The van der Waals surface area contributed by atoms with Gasteiger partial charge in [-0.2, -0.15) is 0 Å². The summed E-state index contributed by atoms with van der Waals surface area (Å²) in [6.07, 6.45) is 2.27. The molecule has 0 aromatic heterocycles. The summed E-state index contributed by atoms with van der Waals surface area (Å²) in [5.74, 6) is 0.960. The van der Waals surface area contributed by atoms with E-state index in [0.29, 0.717) is 11.5 Å². The van der Waals surface area contributed by atoms with Gasteiger partial charge in [-0.05, 0) is 49.9 Å². The molecule has 1 rings (SSSR count). The van der Waals surface area contributed by atoms with Gasteiger partial charge in [-0.3, -0.25) is 0 Å². The molecule has 0 saturated carbocycles. The van der Waals surface area contributed by atoms with Crippen molar-refractivity contribution in [1.82, 2.24) is 5.32 Å². The number of nitrogens with one attached hydrogen (secondary N) is 1. The molecule has 0 fully saturated rings. The molecule has 0 radical (unpaired) electrons. The van der Waals surface area contributed by atoms with Gasteiger partial charge in [-0.25, -0.2) is 0 Å². The molecule has 0 aliphatic rings. The first-order valence-electron chi connectivity index (χ1n) is 6.86. The second kappa shape index (κ2) is 6.79. The Balaban J connectivity index is 2.52. The Morgan fingerprint density at radius 2 is 1.78 bits per heavy atom. The van der Waals surface area contributed by atoms with Crippen LogP contribution in [0.15, 0.2) is 24.3 Å². The van der Waals surface area contributed by atoms with Crippen LogP contribution in [-0.4, -0.2) is 19.7 Å². The SMILES string of the molecule is CCOc1ccc(CCC(NC)C(C)(C)C)cc1. The van der Waals surface area contributed by atoms with Gasteiger partial charge in [0.15, 0.2) is 0 Å². The minimum Gasteiger partial charge on any atom is -0.494 e. The molecule has 1 aromatic rings. The lowest BCUT2D eigenvalue weighted by molar-refractivity contribution is 0.268. The monoisotopic (exact) mass is 249 g/mol. The van der Waals surface area contributed by atoms with Crippen LogP contribution in [0.1, 0.15) is 39.7 Å². The zero-order chi connectivity index (χ0) is 13.6. The zero-order valence-corrected chi connectivity index (χ0v) is 12.4. The van der Waals surface area contributed by atoms with Crippen molar-refractivity contribution in [3.05, 3.63) is 29.8 Å². The molecule has 18 heavy (non-hydrogen) atoms. The molecule has 1 unspecified atom stereocenters. The molecule has 0 aliphatic carbocycles. The van der Waals surface area contributed by atoms with E-state index in [9.17, 15) is 0 Å². The maximum atomic E-state index is 5.45. The molecule has 2 heteroatoms. The molecule has 2 nitrogen and oxygen atoms in total. The molecular formula is C16H27NO. The highest BCUT2D eigenvalue weighted by Gasteiger charge is 2.22. The van der Waals surface area contributed by atoms with E-state index in [1.54, 1.807) is 0 Å². The Bertz CT molecular complexity index is 337. The van der Waals surface area contributed by atoms with Crippen LogP contribution in [0, 0.1) is 5.41 Å². The summed E-state index contributed by atoms with van der Waals surface area (Å²) in [6, 6.07) is 9.00. The minimum absolute atomic E-state index is 0.306. The summed E-state index contributed by atoms with van der Waals surface area (Å²) in [4.78, 5) is 0. The Morgan fingerprint density at radius 3 is 2.22 bits per heavy atom. The van der Waals surface area contributed by atoms with Gasteiger partial charge in [0, 0.05) is 6.04 Å². The Morgan fingerprint density at radius 1 is 1.17 bits per heavy atom.